The quantitative estimate of drug-likeness (QED) is 0.368. The number of rotatable bonds is 4. The molecule has 0 heterocycles. The zero-order valence-electron chi connectivity index (χ0n) is 5.24. The second kappa shape index (κ2) is 5.64. The van der Waals surface area contributed by atoms with E-state index in [-0.39, 0.29) is 19.6 Å². The van der Waals surface area contributed by atoms with Crippen molar-refractivity contribution in [1.82, 2.24) is 0 Å². The predicted molar refractivity (Wildman–Crippen MR) is 44.2 cm³/mol. The van der Waals surface area contributed by atoms with E-state index < -0.39 is 5.97 Å². The van der Waals surface area contributed by atoms with Crippen molar-refractivity contribution in [3.63, 3.8) is 0 Å². The number of thiocarbonyl (C=S) groups is 1. The van der Waals surface area contributed by atoms with E-state index in [4.69, 9.17) is 5.11 Å². The summed E-state index contributed by atoms with van der Waals surface area (Å²) in [6.45, 7) is -0.139. The maximum atomic E-state index is 10.5. The van der Waals surface area contributed by atoms with Gasteiger partial charge < -0.3 is 9.84 Å². The molecule has 0 unspecified atom stereocenters. The van der Waals surface area contributed by atoms with E-state index in [2.05, 4.69) is 29.6 Å². The van der Waals surface area contributed by atoms with E-state index in [1.165, 1.54) is 0 Å². The molecule has 10 heavy (non-hydrogen) atoms. The summed E-state index contributed by atoms with van der Waals surface area (Å²) in [5.74, 6) is -0.450. The minimum atomic E-state index is -0.450. The lowest BCUT2D eigenvalue weighted by molar-refractivity contribution is -0.143. The van der Waals surface area contributed by atoms with Crippen molar-refractivity contribution >= 4 is 35.0 Å². The van der Waals surface area contributed by atoms with Crippen LogP contribution >= 0.6 is 24.8 Å². The van der Waals surface area contributed by atoms with E-state index in [0.29, 0.717) is 4.20 Å². The van der Waals surface area contributed by atoms with Crippen LogP contribution in [0, 0.1) is 0 Å². The van der Waals surface area contributed by atoms with Crippen LogP contribution in [0.2, 0.25) is 0 Å². The van der Waals surface area contributed by atoms with E-state index >= 15 is 0 Å². The molecule has 0 amide bonds. The molecule has 0 rings (SSSR count). The molecule has 0 aromatic rings. The van der Waals surface area contributed by atoms with Gasteiger partial charge in [-0.05, 0) is 0 Å². The van der Waals surface area contributed by atoms with Crippen LogP contribution in [0.15, 0.2) is 0 Å². The molecular formula is C5H8O3S2. The van der Waals surface area contributed by atoms with Gasteiger partial charge in [0.2, 0.25) is 0 Å². The Labute approximate surface area is 69.8 Å². The van der Waals surface area contributed by atoms with Gasteiger partial charge in [-0.15, -0.1) is 12.6 Å². The maximum absolute atomic E-state index is 10.5. The van der Waals surface area contributed by atoms with Crippen LogP contribution in [-0.2, 0) is 9.53 Å². The fourth-order valence-electron chi connectivity index (χ4n) is 0.334. The lowest BCUT2D eigenvalue weighted by Crippen LogP contribution is -2.09. The monoisotopic (exact) mass is 180 g/mol. The van der Waals surface area contributed by atoms with Gasteiger partial charge >= 0.3 is 5.97 Å². The third-order valence-electron chi connectivity index (χ3n) is 0.650. The number of aliphatic hydroxyl groups excluding tert-OH is 1. The molecule has 58 valence electrons. The number of carbonyl (C=O) groups is 1. The molecule has 0 aromatic carbocycles. The molecule has 3 nitrogen and oxygen atoms in total. The third-order valence-corrected chi connectivity index (χ3v) is 0.952. The van der Waals surface area contributed by atoms with Crippen LogP contribution in [0.1, 0.15) is 6.42 Å². The van der Waals surface area contributed by atoms with Crippen molar-refractivity contribution in [3.05, 3.63) is 0 Å². The second-order valence-electron chi connectivity index (χ2n) is 1.51. The molecule has 0 bridgehead atoms. The van der Waals surface area contributed by atoms with Gasteiger partial charge in [0, 0.05) is 0 Å². The average molecular weight is 180 g/mol. The first-order valence-corrected chi connectivity index (χ1v) is 3.50. The summed E-state index contributed by atoms with van der Waals surface area (Å²) in [6.07, 6.45) is 0.0262. The normalized spacial score (nSPS) is 9.00. The van der Waals surface area contributed by atoms with Gasteiger partial charge in [0.1, 0.15) is 6.61 Å². The number of carbonyl (C=O) groups excluding carboxylic acids is 1. The molecule has 0 aliphatic heterocycles. The first kappa shape index (κ1) is 9.87. The Kier molecular flexibility index (Phi) is 5.57. The molecule has 0 atom stereocenters. The Balaban J connectivity index is 3.35. The second-order valence-corrected chi connectivity index (χ2v) is 2.85. The lowest BCUT2D eigenvalue weighted by Gasteiger charge is -1.99. The number of hydrogen-bond donors (Lipinski definition) is 2. The summed E-state index contributed by atoms with van der Waals surface area (Å²) in [7, 11) is 0. The molecule has 0 fully saturated rings. The van der Waals surface area contributed by atoms with Gasteiger partial charge in [-0.3, -0.25) is 4.79 Å². The third kappa shape index (κ3) is 6.00. The van der Waals surface area contributed by atoms with Crippen LogP contribution in [0.4, 0.5) is 0 Å². The number of esters is 1. The van der Waals surface area contributed by atoms with Crippen LogP contribution in [0.25, 0.3) is 0 Å². The maximum Gasteiger partial charge on any atom is 0.311 e. The zero-order chi connectivity index (χ0) is 7.98. The van der Waals surface area contributed by atoms with E-state index in [1.807, 2.05) is 0 Å². The highest BCUT2D eigenvalue weighted by atomic mass is 32.1. The molecular weight excluding hydrogens is 172 g/mol. The zero-order valence-corrected chi connectivity index (χ0v) is 6.95. The minimum absolute atomic E-state index is 0.0230. The summed E-state index contributed by atoms with van der Waals surface area (Å²) in [6, 6.07) is 0. The van der Waals surface area contributed by atoms with Crippen LogP contribution in [-0.4, -0.2) is 28.5 Å². The number of aliphatic hydroxyl groups is 1. The fraction of sp³-hybridized carbons (Fsp3) is 0.600. The molecule has 0 spiro atoms. The van der Waals surface area contributed by atoms with Gasteiger partial charge in [0.15, 0.2) is 0 Å². The van der Waals surface area contributed by atoms with Crippen molar-refractivity contribution in [2.45, 2.75) is 6.42 Å². The molecule has 0 aliphatic carbocycles. The van der Waals surface area contributed by atoms with E-state index in [1.54, 1.807) is 0 Å². The fourth-order valence-corrected chi connectivity index (χ4v) is 0.581. The predicted octanol–water partition coefficient (Wildman–Crippen LogP) is 0.169. The highest BCUT2D eigenvalue weighted by molar-refractivity contribution is 8.11. The van der Waals surface area contributed by atoms with Crippen molar-refractivity contribution in [2.24, 2.45) is 0 Å². The molecule has 5 heteroatoms. The van der Waals surface area contributed by atoms with Gasteiger partial charge in [-0.2, -0.15) is 0 Å². The average Bonchev–Trinajstić information content (AvgIpc) is 1.82. The summed E-state index contributed by atoms with van der Waals surface area (Å²) in [5.41, 5.74) is 0. The first-order valence-electron chi connectivity index (χ1n) is 2.65. The van der Waals surface area contributed by atoms with Gasteiger partial charge in [-0.25, -0.2) is 0 Å². The summed E-state index contributed by atoms with van der Waals surface area (Å²) in [4.78, 5) is 10.5. The van der Waals surface area contributed by atoms with Gasteiger partial charge in [-0.1, -0.05) is 12.2 Å². The van der Waals surface area contributed by atoms with E-state index in [0.717, 1.165) is 0 Å². The number of ether oxygens (including phenoxy) is 1. The highest BCUT2D eigenvalue weighted by Gasteiger charge is 2.02. The van der Waals surface area contributed by atoms with Crippen molar-refractivity contribution in [2.75, 3.05) is 13.2 Å². The Morgan fingerprint density at radius 3 is 2.70 bits per heavy atom. The Morgan fingerprint density at radius 2 is 2.30 bits per heavy atom. The van der Waals surface area contributed by atoms with Crippen molar-refractivity contribution in [1.29, 1.82) is 0 Å². The minimum Gasteiger partial charge on any atom is -0.463 e. The Bertz CT molecular complexity index is 135. The van der Waals surface area contributed by atoms with Crippen molar-refractivity contribution in [3.8, 4) is 0 Å². The SMILES string of the molecule is O=C(CC(=S)S)OCCO. The standard InChI is InChI=1S/C5H8O3S2/c6-1-2-8-4(7)3-5(9)10/h6H,1-3H2,(H,9,10). The first-order chi connectivity index (χ1) is 4.66. The molecule has 0 radical (unpaired) electrons. The lowest BCUT2D eigenvalue weighted by atomic mass is 10.5. The van der Waals surface area contributed by atoms with E-state index in [9.17, 15) is 4.79 Å². The van der Waals surface area contributed by atoms with Crippen LogP contribution in [0.3, 0.4) is 0 Å². The Hall–Kier alpha value is -0.130. The topological polar surface area (TPSA) is 46.5 Å². The smallest absolute Gasteiger partial charge is 0.311 e. The summed E-state index contributed by atoms with van der Waals surface area (Å²) >= 11 is 8.25. The summed E-state index contributed by atoms with van der Waals surface area (Å²) in [5, 5.41) is 8.22. The van der Waals surface area contributed by atoms with Gasteiger partial charge in [0.25, 0.3) is 0 Å². The molecule has 0 aliphatic rings. The molecule has 0 saturated heterocycles. The largest absolute Gasteiger partial charge is 0.463 e. The Morgan fingerprint density at radius 1 is 1.70 bits per heavy atom. The number of hydrogen-bond acceptors (Lipinski definition) is 4. The number of thiol groups is 1. The molecule has 0 saturated carbocycles. The van der Waals surface area contributed by atoms with Crippen LogP contribution < -0.4 is 0 Å². The highest BCUT2D eigenvalue weighted by Crippen LogP contribution is 1.93. The molecule has 0 aromatic heterocycles. The van der Waals surface area contributed by atoms with Crippen LogP contribution in [0.5, 0.6) is 0 Å². The van der Waals surface area contributed by atoms with Crippen molar-refractivity contribution < 1.29 is 14.6 Å². The molecule has 1 N–H and O–H groups in total. The summed E-state index contributed by atoms with van der Waals surface area (Å²) < 4.78 is 4.77. The van der Waals surface area contributed by atoms with Gasteiger partial charge in [0.05, 0.1) is 17.2 Å².